The summed E-state index contributed by atoms with van der Waals surface area (Å²) in [7, 11) is 0. The van der Waals surface area contributed by atoms with Gasteiger partial charge in [0.15, 0.2) is 0 Å². The Morgan fingerprint density at radius 2 is 2.18 bits per heavy atom. The molecule has 0 saturated heterocycles. The van der Waals surface area contributed by atoms with E-state index in [9.17, 15) is 0 Å². The van der Waals surface area contributed by atoms with E-state index in [-0.39, 0.29) is 0 Å². The Morgan fingerprint density at radius 3 is 2.94 bits per heavy atom. The normalized spacial score (nSPS) is 17.0. The highest BCUT2D eigenvalue weighted by Crippen LogP contribution is 2.19. The van der Waals surface area contributed by atoms with Gasteiger partial charge in [0.2, 0.25) is 5.95 Å². The molecule has 1 aromatic heterocycles. The second-order valence-electron chi connectivity index (χ2n) is 4.58. The number of nitrogens with one attached hydrogen (secondary N) is 1. The van der Waals surface area contributed by atoms with Gasteiger partial charge in [0, 0.05) is 18.4 Å². The molecule has 1 aliphatic carbocycles. The Balaban J connectivity index is 1.62. The van der Waals surface area contributed by atoms with Crippen LogP contribution < -0.4 is 5.32 Å². The highest BCUT2D eigenvalue weighted by molar-refractivity contribution is 5.24. The summed E-state index contributed by atoms with van der Waals surface area (Å²) in [6.07, 6.45) is 8.70. The maximum Gasteiger partial charge on any atom is 0.222 e. The van der Waals surface area contributed by atoms with Crippen molar-refractivity contribution in [2.45, 2.75) is 45.1 Å². The maximum absolute atomic E-state index is 5.82. The summed E-state index contributed by atoms with van der Waals surface area (Å²) in [6, 6.07) is 1.89. The quantitative estimate of drug-likeness (QED) is 0.797. The minimum atomic E-state index is 0.476. The molecule has 0 radical (unpaired) electrons. The molecular formula is C13H21N3O. The average molecular weight is 235 g/mol. The van der Waals surface area contributed by atoms with Gasteiger partial charge in [0.05, 0.1) is 12.7 Å². The van der Waals surface area contributed by atoms with Gasteiger partial charge in [0.25, 0.3) is 0 Å². The lowest BCUT2D eigenvalue weighted by molar-refractivity contribution is 0.0347. The van der Waals surface area contributed by atoms with Crippen LogP contribution in [0.1, 0.15) is 37.8 Å². The van der Waals surface area contributed by atoms with E-state index < -0.39 is 0 Å². The Labute approximate surface area is 103 Å². The van der Waals surface area contributed by atoms with Gasteiger partial charge in [-0.25, -0.2) is 9.97 Å². The van der Waals surface area contributed by atoms with Crippen LogP contribution in [0.4, 0.5) is 5.95 Å². The van der Waals surface area contributed by atoms with Crippen LogP contribution in [0.3, 0.4) is 0 Å². The Morgan fingerprint density at radius 1 is 1.35 bits per heavy atom. The molecule has 1 aromatic rings. The fourth-order valence-corrected chi connectivity index (χ4v) is 2.15. The van der Waals surface area contributed by atoms with Crippen LogP contribution in [0.5, 0.6) is 0 Å². The largest absolute Gasteiger partial charge is 0.376 e. The number of aryl methyl sites for hydroxylation is 1. The van der Waals surface area contributed by atoms with Crippen LogP contribution in [0.25, 0.3) is 0 Å². The predicted molar refractivity (Wildman–Crippen MR) is 68.1 cm³/mol. The number of nitrogens with zero attached hydrogens (tertiary/aromatic N) is 2. The second kappa shape index (κ2) is 6.55. The van der Waals surface area contributed by atoms with E-state index >= 15 is 0 Å². The fourth-order valence-electron chi connectivity index (χ4n) is 2.15. The molecule has 0 bridgehead atoms. The molecule has 1 N–H and O–H groups in total. The van der Waals surface area contributed by atoms with E-state index in [2.05, 4.69) is 15.3 Å². The summed E-state index contributed by atoms with van der Waals surface area (Å²) in [4.78, 5) is 8.43. The van der Waals surface area contributed by atoms with Gasteiger partial charge in [-0.2, -0.15) is 0 Å². The highest BCUT2D eigenvalue weighted by Gasteiger charge is 2.12. The number of anilines is 1. The van der Waals surface area contributed by atoms with Crippen molar-refractivity contribution in [3.63, 3.8) is 0 Å². The molecule has 1 fully saturated rings. The number of aromatic nitrogens is 2. The molecule has 4 nitrogen and oxygen atoms in total. The van der Waals surface area contributed by atoms with E-state index in [4.69, 9.17) is 4.74 Å². The topological polar surface area (TPSA) is 47.0 Å². The van der Waals surface area contributed by atoms with Crippen LogP contribution in [0.2, 0.25) is 0 Å². The summed E-state index contributed by atoms with van der Waals surface area (Å²) < 4.78 is 5.82. The van der Waals surface area contributed by atoms with Crippen LogP contribution in [0.15, 0.2) is 12.3 Å². The molecule has 1 aliphatic rings. The molecule has 0 atom stereocenters. The third-order valence-electron chi connectivity index (χ3n) is 3.09. The first-order valence-corrected chi connectivity index (χ1v) is 6.50. The summed E-state index contributed by atoms with van der Waals surface area (Å²) in [5, 5.41) is 3.18. The number of ether oxygens (including phenoxy) is 1. The molecule has 0 amide bonds. The zero-order valence-electron chi connectivity index (χ0n) is 10.5. The predicted octanol–water partition coefficient (Wildman–Crippen LogP) is 2.55. The van der Waals surface area contributed by atoms with Gasteiger partial charge in [-0.05, 0) is 25.8 Å². The van der Waals surface area contributed by atoms with E-state index in [1.807, 2.05) is 13.0 Å². The fraction of sp³-hybridized carbons (Fsp3) is 0.692. The Kier molecular flexibility index (Phi) is 4.74. The average Bonchev–Trinajstić information content (AvgIpc) is 2.36. The first kappa shape index (κ1) is 12.3. The van der Waals surface area contributed by atoms with Crippen molar-refractivity contribution in [3.05, 3.63) is 18.0 Å². The van der Waals surface area contributed by atoms with Gasteiger partial charge >= 0.3 is 0 Å². The SMILES string of the molecule is Cc1ccnc(NCCOC2CCCCC2)n1. The van der Waals surface area contributed by atoms with E-state index in [1.165, 1.54) is 32.1 Å². The molecule has 94 valence electrons. The van der Waals surface area contributed by atoms with E-state index in [1.54, 1.807) is 6.20 Å². The molecule has 1 heterocycles. The van der Waals surface area contributed by atoms with Gasteiger partial charge < -0.3 is 10.1 Å². The molecule has 17 heavy (non-hydrogen) atoms. The molecular weight excluding hydrogens is 214 g/mol. The third-order valence-corrected chi connectivity index (χ3v) is 3.09. The molecule has 0 aliphatic heterocycles. The zero-order valence-corrected chi connectivity index (χ0v) is 10.5. The Bertz CT molecular complexity index is 337. The van der Waals surface area contributed by atoms with Crippen molar-refractivity contribution < 1.29 is 4.74 Å². The minimum absolute atomic E-state index is 0.476. The van der Waals surface area contributed by atoms with Gasteiger partial charge in [0.1, 0.15) is 0 Å². The van der Waals surface area contributed by atoms with Crippen molar-refractivity contribution in [1.82, 2.24) is 9.97 Å². The number of rotatable bonds is 5. The maximum atomic E-state index is 5.82. The van der Waals surface area contributed by atoms with Gasteiger partial charge in [-0.1, -0.05) is 19.3 Å². The lowest BCUT2D eigenvalue weighted by Gasteiger charge is -2.21. The number of hydrogen-bond donors (Lipinski definition) is 1. The van der Waals surface area contributed by atoms with Gasteiger partial charge in [-0.15, -0.1) is 0 Å². The smallest absolute Gasteiger partial charge is 0.222 e. The molecule has 4 heteroatoms. The van der Waals surface area contributed by atoms with Crippen LogP contribution in [-0.4, -0.2) is 29.2 Å². The molecule has 0 unspecified atom stereocenters. The minimum Gasteiger partial charge on any atom is -0.376 e. The molecule has 0 aromatic carbocycles. The Hall–Kier alpha value is -1.16. The standard InChI is InChI=1S/C13H21N3O/c1-11-7-8-14-13(16-11)15-9-10-17-12-5-3-2-4-6-12/h7-8,12H,2-6,9-10H2,1H3,(H,14,15,16). The van der Waals surface area contributed by atoms with Crippen molar-refractivity contribution in [2.75, 3.05) is 18.5 Å². The summed E-state index contributed by atoms with van der Waals surface area (Å²) in [6.45, 7) is 3.48. The van der Waals surface area contributed by atoms with Crippen molar-refractivity contribution in [3.8, 4) is 0 Å². The van der Waals surface area contributed by atoms with Crippen LogP contribution >= 0.6 is 0 Å². The van der Waals surface area contributed by atoms with Gasteiger partial charge in [-0.3, -0.25) is 0 Å². The molecule has 2 rings (SSSR count). The summed E-state index contributed by atoms with van der Waals surface area (Å²) >= 11 is 0. The van der Waals surface area contributed by atoms with Crippen molar-refractivity contribution in [2.24, 2.45) is 0 Å². The lowest BCUT2D eigenvalue weighted by Crippen LogP contribution is -2.21. The van der Waals surface area contributed by atoms with Crippen molar-refractivity contribution >= 4 is 5.95 Å². The van der Waals surface area contributed by atoms with Crippen LogP contribution in [0, 0.1) is 6.92 Å². The highest BCUT2D eigenvalue weighted by atomic mass is 16.5. The van der Waals surface area contributed by atoms with Crippen molar-refractivity contribution in [1.29, 1.82) is 0 Å². The van der Waals surface area contributed by atoms with E-state index in [0.29, 0.717) is 12.1 Å². The number of hydrogen-bond acceptors (Lipinski definition) is 4. The lowest BCUT2D eigenvalue weighted by atomic mass is 9.98. The molecule has 0 spiro atoms. The molecule has 1 saturated carbocycles. The first-order valence-electron chi connectivity index (χ1n) is 6.50. The third kappa shape index (κ3) is 4.30. The summed E-state index contributed by atoms with van der Waals surface area (Å²) in [5.41, 5.74) is 0.982. The van der Waals surface area contributed by atoms with Crippen LogP contribution in [-0.2, 0) is 4.74 Å². The monoisotopic (exact) mass is 235 g/mol. The zero-order chi connectivity index (χ0) is 11.9. The second-order valence-corrected chi connectivity index (χ2v) is 4.58. The first-order chi connectivity index (χ1) is 8.34. The summed E-state index contributed by atoms with van der Waals surface area (Å²) in [5.74, 6) is 0.692. The van der Waals surface area contributed by atoms with E-state index in [0.717, 1.165) is 18.8 Å².